The number of hydrogen-bond donors (Lipinski definition) is 7. The number of aromatic nitrogens is 8. The number of aliphatic hydroxyl groups is 1. The zero-order valence-electron chi connectivity index (χ0n) is 29.9. The molecule has 0 spiro atoms. The van der Waals surface area contributed by atoms with Crippen molar-refractivity contribution in [2.45, 2.75) is 56.9 Å². The van der Waals surface area contributed by atoms with Crippen molar-refractivity contribution in [3.63, 3.8) is 0 Å². The Morgan fingerprint density at radius 2 is 1.81 bits per heavy atom. The molecule has 294 valence electrons. The van der Waals surface area contributed by atoms with Crippen LogP contribution in [0.2, 0.25) is 0 Å². The maximum absolute atomic E-state index is 12.9. The van der Waals surface area contributed by atoms with Gasteiger partial charge in [0.25, 0.3) is 11.5 Å². The number of anilines is 3. The summed E-state index contributed by atoms with van der Waals surface area (Å²) in [5.41, 5.74) is 13.9. The number of carbonyl (C=O) groups is 3. The molecule has 0 bridgehead atoms. The topological polar surface area (TPSA) is 311 Å². The predicted molar refractivity (Wildman–Crippen MR) is 200 cm³/mol. The number of carboxylic acid groups (broad SMARTS) is 1. The first kappa shape index (κ1) is 38.0. The van der Waals surface area contributed by atoms with Gasteiger partial charge in [-0.25, -0.2) is 19.7 Å². The van der Waals surface area contributed by atoms with E-state index in [9.17, 15) is 29.4 Å². The number of fused-ring (bicyclic) bond motifs is 2. The van der Waals surface area contributed by atoms with E-state index in [1.165, 1.54) is 24.7 Å². The van der Waals surface area contributed by atoms with Gasteiger partial charge >= 0.3 is 11.9 Å². The zero-order chi connectivity index (χ0) is 40.1. The van der Waals surface area contributed by atoms with Crippen LogP contribution in [0.15, 0.2) is 71.9 Å². The molecule has 6 aromatic rings. The van der Waals surface area contributed by atoms with Gasteiger partial charge in [0, 0.05) is 24.1 Å². The summed E-state index contributed by atoms with van der Waals surface area (Å²) in [5.74, 6) is -2.70. The fraction of sp³-hybridized carbons (Fsp3) is 0.278. The molecule has 0 saturated carbocycles. The molecule has 1 aliphatic rings. The SMILES string of the molecule is Nc1nc(OCc2ccccc2)c2ncn([C@H]3C[C@H](O)[C@@H](COC(=O)CC[C@H](NC(=O)c4ccc(NCc5cnc6nc(N)[nH]c(=O)c6n5)cc4)C(=O)O)O3)c2n1. The molecule has 9 N–H and O–H groups in total. The molecule has 2 aromatic carbocycles. The van der Waals surface area contributed by atoms with Crippen molar-refractivity contribution in [3.8, 4) is 5.88 Å². The van der Waals surface area contributed by atoms with Gasteiger partial charge in [0.1, 0.15) is 31.6 Å². The van der Waals surface area contributed by atoms with Gasteiger partial charge in [-0.15, -0.1) is 0 Å². The Morgan fingerprint density at radius 1 is 1.02 bits per heavy atom. The van der Waals surface area contributed by atoms with Crippen molar-refractivity contribution in [3.05, 3.63) is 94.3 Å². The molecule has 4 atom stereocenters. The van der Waals surface area contributed by atoms with Gasteiger partial charge in [0.2, 0.25) is 17.8 Å². The molecule has 1 fully saturated rings. The monoisotopic (exact) mass is 780 g/mol. The average Bonchev–Trinajstić information content (AvgIpc) is 3.80. The van der Waals surface area contributed by atoms with Crippen molar-refractivity contribution in [1.29, 1.82) is 0 Å². The summed E-state index contributed by atoms with van der Waals surface area (Å²) < 4.78 is 18.8. The van der Waals surface area contributed by atoms with E-state index in [1.54, 1.807) is 16.7 Å². The second-order valence-electron chi connectivity index (χ2n) is 12.9. The third-order valence-corrected chi connectivity index (χ3v) is 8.90. The summed E-state index contributed by atoms with van der Waals surface area (Å²) in [6, 6.07) is 14.3. The second-order valence-corrected chi connectivity index (χ2v) is 12.9. The number of imidazole rings is 1. The third kappa shape index (κ3) is 9.01. The number of esters is 1. The van der Waals surface area contributed by atoms with Crippen LogP contribution >= 0.6 is 0 Å². The summed E-state index contributed by atoms with van der Waals surface area (Å²) in [4.78, 5) is 77.2. The number of hydrogen-bond acceptors (Lipinski definition) is 17. The van der Waals surface area contributed by atoms with Crippen LogP contribution in [-0.2, 0) is 32.2 Å². The summed E-state index contributed by atoms with van der Waals surface area (Å²) in [6.07, 6.45) is -0.213. The first-order valence-electron chi connectivity index (χ1n) is 17.6. The van der Waals surface area contributed by atoms with Crippen LogP contribution in [0.5, 0.6) is 5.88 Å². The number of ether oxygens (including phenoxy) is 3. The largest absolute Gasteiger partial charge is 0.480 e. The molecule has 1 aliphatic heterocycles. The summed E-state index contributed by atoms with van der Waals surface area (Å²) in [5, 5.41) is 26.0. The number of amides is 1. The maximum Gasteiger partial charge on any atom is 0.326 e. The quantitative estimate of drug-likeness (QED) is 0.0717. The highest BCUT2D eigenvalue weighted by molar-refractivity contribution is 5.97. The number of aromatic amines is 1. The third-order valence-electron chi connectivity index (χ3n) is 8.90. The number of benzene rings is 2. The Kier molecular flexibility index (Phi) is 11.1. The van der Waals surface area contributed by atoms with E-state index < -0.39 is 47.9 Å². The maximum atomic E-state index is 12.9. The number of aliphatic hydroxyl groups excluding tert-OH is 1. The van der Waals surface area contributed by atoms with Gasteiger partial charge < -0.3 is 46.5 Å². The minimum atomic E-state index is -1.40. The first-order valence-corrected chi connectivity index (χ1v) is 17.6. The normalized spacial score (nSPS) is 17.0. The molecule has 0 radical (unpaired) electrons. The standard InChI is InChI=1S/C36H36N12O9/c37-35-44-29-27(32(52)46-35)42-21(14-40-29)13-39-20-8-6-19(7-9-20)31(51)43-22(34(53)54)10-11-26(50)55-16-24-23(49)12-25(57-24)48-17-41-28-30(48)45-36(38)47-33(28)56-15-18-4-2-1-3-5-18/h1-9,14,17,22-25,39,49H,10-13,15-16H2,(H,43,51)(H,53,54)(H2,38,45,47)(H3,37,40,44,46,52)/t22-,23-,24+,25+/m0/s1. The van der Waals surface area contributed by atoms with Crippen LogP contribution in [0, 0.1) is 0 Å². The minimum Gasteiger partial charge on any atom is -0.480 e. The molecule has 1 amide bonds. The molecular weight excluding hydrogens is 744 g/mol. The van der Waals surface area contributed by atoms with Gasteiger partial charge in [-0.2, -0.15) is 15.0 Å². The van der Waals surface area contributed by atoms with E-state index in [2.05, 4.69) is 45.5 Å². The number of carboxylic acids is 1. The lowest BCUT2D eigenvalue weighted by Gasteiger charge is -2.17. The Morgan fingerprint density at radius 3 is 2.58 bits per heavy atom. The summed E-state index contributed by atoms with van der Waals surface area (Å²) in [6.45, 7) is 0.111. The number of carbonyl (C=O) groups excluding carboxylic acids is 2. The van der Waals surface area contributed by atoms with Crippen LogP contribution in [0.1, 0.15) is 47.1 Å². The number of rotatable bonds is 15. The molecule has 0 unspecified atom stereocenters. The lowest BCUT2D eigenvalue weighted by molar-refractivity contribution is -0.150. The molecule has 7 rings (SSSR count). The Hall–Kier alpha value is -7.26. The lowest BCUT2D eigenvalue weighted by atomic mass is 10.1. The highest BCUT2D eigenvalue weighted by Crippen LogP contribution is 2.33. The van der Waals surface area contributed by atoms with Gasteiger partial charge in [0.15, 0.2) is 22.3 Å². The van der Waals surface area contributed by atoms with Gasteiger partial charge in [-0.05, 0) is 36.2 Å². The van der Waals surface area contributed by atoms with E-state index in [-0.39, 0.29) is 73.5 Å². The molecule has 0 aliphatic carbocycles. The highest BCUT2D eigenvalue weighted by Gasteiger charge is 2.37. The molecule has 1 saturated heterocycles. The molecule has 4 aromatic heterocycles. The molecule has 57 heavy (non-hydrogen) atoms. The lowest BCUT2D eigenvalue weighted by Crippen LogP contribution is -2.41. The van der Waals surface area contributed by atoms with Crippen LogP contribution < -0.4 is 32.4 Å². The van der Waals surface area contributed by atoms with Crippen molar-refractivity contribution in [2.24, 2.45) is 0 Å². The summed E-state index contributed by atoms with van der Waals surface area (Å²) >= 11 is 0. The van der Waals surface area contributed by atoms with E-state index in [1.807, 2.05) is 30.3 Å². The Labute approximate surface area is 321 Å². The Bertz CT molecular complexity index is 2480. The Balaban J connectivity index is 0.876. The second kappa shape index (κ2) is 16.6. The van der Waals surface area contributed by atoms with Gasteiger partial charge in [-0.3, -0.25) is 23.9 Å². The molecular formula is C36H36N12O9. The van der Waals surface area contributed by atoms with E-state index >= 15 is 0 Å². The van der Waals surface area contributed by atoms with Crippen LogP contribution in [-0.4, -0.2) is 92.4 Å². The average molecular weight is 781 g/mol. The van der Waals surface area contributed by atoms with Crippen molar-refractivity contribution in [2.75, 3.05) is 23.4 Å². The van der Waals surface area contributed by atoms with Crippen molar-refractivity contribution < 1.29 is 38.8 Å². The van der Waals surface area contributed by atoms with Crippen molar-refractivity contribution >= 4 is 57.8 Å². The van der Waals surface area contributed by atoms with Gasteiger partial charge in [-0.1, -0.05) is 30.3 Å². The number of nitrogens with zero attached hydrogens (tertiary/aromatic N) is 7. The number of nitrogens with two attached hydrogens (primary N) is 2. The molecule has 21 heteroatoms. The molecule has 21 nitrogen and oxygen atoms in total. The van der Waals surface area contributed by atoms with Crippen LogP contribution in [0.4, 0.5) is 17.6 Å². The predicted octanol–water partition coefficient (Wildman–Crippen LogP) is 1.06. The fourth-order valence-electron chi connectivity index (χ4n) is 5.98. The van der Waals surface area contributed by atoms with Crippen LogP contribution in [0.3, 0.4) is 0 Å². The van der Waals surface area contributed by atoms with Gasteiger partial charge in [0.05, 0.1) is 30.9 Å². The number of H-pyrrole nitrogens is 1. The van der Waals surface area contributed by atoms with Crippen molar-refractivity contribution in [1.82, 2.24) is 44.8 Å². The molecule has 5 heterocycles. The first-order chi connectivity index (χ1) is 27.5. The summed E-state index contributed by atoms with van der Waals surface area (Å²) in [7, 11) is 0. The van der Waals surface area contributed by atoms with Crippen LogP contribution in [0.25, 0.3) is 22.3 Å². The zero-order valence-corrected chi connectivity index (χ0v) is 29.9. The number of nitrogens with one attached hydrogen (secondary N) is 3. The fourth-order valence-corrected chi connectivity index (χ4v) is 5.98. The van der Waals surface area contributed by atoms with E-state index in [4.69, 9.17) is 25.7 Å². The smallest absolute Gasteiger partial charge is 0.326 e. The van der Waals surface area contributed by atoms with E-state index in [0.29, 0.717) is 22.5 Å². The number of aliphatic carboxylic acids is 1. The minimum absolute atomic E-state index is 0.0374. The number of nitrogen functional groups attached to an aromatic ring is 2. The highest BCUT2D eigenvalue weighted by atomic mass is 16.6. The van der Waals surface area contributed by atoms with E-state index in [0.717, 1.165) is 5.56 Å².